The van der Waals surface area contributed by atoms with Gasteiger partial charge in [0, 0.05) is 25.9 Å². The number of hydrogen-bond acceptors (Lipinski definition) is 4. The molecule has 1 saturated heterocycles. The van der Waals surface area contributed by atoms with Crippen LogP contribution in [0.15, 0.2) is 42.6 Å². The highest BCUT2D eigenvalue weighted by molar-refractivity contribution is 6.30. The van der Waals surface area contributed by atoms with Gasteiger partial charge in [0.05, 0.1) is 17.7 Å². The highest BCUT2D eigenvalue weighted by Gasteiger charge is 2.21. The first-order chi connectivity index (χ1) is 12.6. The summed E-state index contributed by atoms with van der Waals surface area (Å²) < 4.78 is 5.76. The van der Waals surface area contributed by atoms with Crippen molar-refractivity contribution >= 4 is 23.3 Å². The smallest absolute Gasteiger partial charge is 0.239 e. The number of halogens is 1. The summed E-state index contributed by atoms with van der Waals surface area (Å²) >= 11 is 5.84. The molecule has 1 fully saturated rings. The van der Waals surface area contributed by atoms with Crippen molar-refractivity contribution in [1.82, 2.24) is 9.88 Å². The second kappa shape index (κ2) is 9.12. The molecule has 26 heavy (non-hydrogen) atoms. The Morgan fingerprint density at radius 3 is 2.88 bits per heavy atom. The van der Waals surface area contributed by atoms with Crippen LogP contribution in [0.3, 0.4) is 0 Å². The van der Waals surface area contributed by atoms with E-state index >= 15 is 0 Å². The van der Waals surface area contributed by atoms with Crippen LogP contribution in [0.25, 0.3) is 0 Å². The van der Waals surface area contributed by atoms with Crippen molar-refractivity contribution < 1.29 is 9.53 Å². The lowest BCUT2D eigenvalue weighted by molar-refractivity contribution is -0.117. The number of pyridine rings is 1. The molecule has 1 atom stereocenters. The molecule has 0 bridgehead atoms. The molecule has 0 radical (unpaired) electrons. The predicted octanol–water partition coefficient (Wildman–Crippen LogP) is 3.66. The van der Waals surface area contributed by atoms with Gasteiger partial charge in [-0.3, -0.25) is 9.69 Å². The van der Waals surface area contributed by atoms with E-state index in [0.29, 0.717) is 23.9 Å². The van der Waals surface area contributed by atoms with E-state index in [1.54, 1.807) is 12.1 Å². The van der Waals surface area contributed by atoms with Crippen molar-refractivity contribution in [3.63, 3.8) is 0 Å². The van der Waals surface area contributed by atoms with Gasteiger partial charge >= 0.3 is 0 Å². The summed E-state index contributed by atoms with van der Waals surface area (Å²) in [6.07, 6.45) is 3.85. The number of anilines is 1. The number of hydrogen-bond donors (Lipinski definition) is 1. The van der Waals surface area contributed by atoms with Crippen LogP contribution in [0, 0.1) is 6.92 Å². The van der Waals surface area contributed by atoms with Crippen LogP contribution in [0.5, 0.6) is 0 Å². The zero-order valence-corrected chi connectivity index (χ0v) is 15.7. The van der Waals surface area contributed by atoms with Gasteiger partial charge in [0.25, 0.3) is 0 Å². The first-order valence-corrected chi connectivity index (χ1v) is 9.28. The summed E-state index contributed by atoms with van der Waals surface area (Å²) in [6, 6.07) is 11.7. The number of carbonyl (C=O) groups is 1. The van der Waals surface area contributed by atoms with Gasteiger partial charge in [0.2, 0.25) is 5.91 Å². The van der Waals surface area contributed by atoms with Crippen LogP contribution in [0.4, 0.5) is 5.82 Å². The Balaban J connectivity index is 1.64. The Bertz CT molecular complexity index is 730. The maximum atomic E-state index is 12.5. The molecule has 1 unspecified atom stereocenters. The number of amides is 1. The van der Waals surface area contributed by atoms with Gasteiger partial charge in [-0.05, 0) is 43.0 Å². The van der Waals surface area contributed by atoms with Crippen molar-refractivity contribution in [2.24, 2.45) is 0 Å². The second-order valence-corrected chi connectivity index (χ2v) is 7.08. The van der Waals surface area contributed by atoms with E-state index in [1.807, 2.05) is 12.1 Å². The molecular formula is C20H24ClN3O2. The summed E-state index contributed by atoms with van der Waals surface area (Å²) in [6.45, 7) is 4.66. The van der Waals surface area contributed by atoms with Crippen molar-refractivity contribution in [3.8, 4) is 0 Å². The SMILES string of the molecule is Cc1ccccc1CN(CC(=O)Nc1ccc(Cl)cn1)CC1CCCO1. The number of rotatable bonds is 7. The van der Waals surface area contributed by atoms with E-state index in [0.717, 1.165) is 26.0 Å². The summed E-state index contributed by atoms with van der Waals surface area (Å²) in [4.78, 5) is 18.8. The molecule has 3 rings (SSSR count). The zero-order chi connectivity index (χ0) is 18.4. The molecule has 2 heterocycles. The van der Waals surface area contributed by atoms with Gasteiger partial charge in [-0.25, -0.2) is 4.98 Å². The molecule has 138 valence electrons. The number of carbonyl (C=O) groups excluding carboxylic acids is 1. The molecular weight excluding hydrogens is 350 g/mol. The predicted molar refractivity (Wildman–Crippen MR) is 103 cm³/mol. The molecule has 0 spiro atoms. The number of ether oxygens (including phenoxy) is 1. The molecule has 1 aromatic heterocycles. The minimum atomic E-state index is -0.0913. The van der Waals surface area contributed by atoms with Gasteiger partial charge in [-0.1, -0.05) is 35.9 Å². The molecule has 1 aliphatic rings. The number of benzene rings is 1. The molecule has 1 amide bonds. The average molecular weight is 374 g/mol. The largest absolute Gasteiger partial charge is 0.377 e. The van der Waals surface area contributed by atoms with Crippen LogP contribution in [-0.4, -0.2) is 41.6 Å². The van der Waals surface area contributed by atoms with Crippen molar-refractivity contribution in [3.05, 3.63) is 58.7 Å². The fraction of sp³-hybridized carbons (Fsp3) is 0.400. The average Bonchev–Trinajstić information content (AvgIpc) is 3.12. The third-order valence-electron chi connectivity index (χ3n) is 4.50. The van der Waals surface area contributed by atoms with Crippen LogP contribution in [-0.2, 0) is 16.1 Å². The van der Waals surface area contributed by atoms with E-state index in [-0.39, 0.29) is 12.0 Å². The van der Waals surface area contributed by atoms with Gasteiger partial charge < -0.3 is 10.1 Å². The van der Waals surface area contributed by atoms with E-state index in [2.05, 4.69) is 34.3 Å². The Kier molecular flexibility index (Phi) is 6.61. The molecule has 0 aliphatic carbocycles. The second-order valence-electron chi connectivity index (χ2n) is 6.64. The summed E-state index contributed by atoms with van der Waals surface area (Å²) in [5, 5.41) is 3.38. The molecule has 0 saturated carbocycles. The molecule has 5 nitrogen and oxygen atoms in total. The van der Waals surface area contributed by atoms with Crippen molar-refractivity contribution in [2.75, 3.05) is 25.0 Å². The Morgan fingerprint density at radius 1 is 1.35 bits per heavy atom. The molecule has 1 N–H and O–H groups in total. The number of aromatic nitrogens is 1. The van der Waals surface area contributed by atoms with E-state index < -0.39 is 0 Å². The maximum Gasteiger partial charge on any atom is 0.239 e. The van der Waals surface area contributed by atoms with Crippen molar-refractivity contribution in [2.45, 2.75) is 32.4 Å². The van der Waals surface area contributed by atoms with Gasteiger partial charge in [0.15, 0.2) is 0 Å². The first-order valence-electron chi connectivity index (χ1n) is 8.90. The third kappa shape index (κ3) is 5.53. The quantitative estimate of drug-likeness (QED) is 0.804. The lowest BCUT2D eigenvalue weighted by Gasteiger charge is -2.25. The molecule has 2 aromatic rings. The summed E-state index contributed by atoms with van der Waals surface area (Å²) in [7, 11) is 0. The standard InChI is InChI=1S/C20H24ClN3O2/c1-15-5-2-3-6-16(15)12-24(13-18-7-4-10-26-18)14-20(25)23-19-9-8-17(21)11-22-19/h2-3,5-6,8-9,11,18H,4,7,10,12-14H2,1H3,(H,22,23,25). The summed E-state index contributed by atoms with van der Waals surface area (Å²) in [5.74, 6) is 0.416. The van der Waals surface area contributed by atoms with Crippen LogP contribution in [0.1, 0.15) is 24.0 Å². The first kappa shape index (κ1) is 18.8. The lowest BCUT2D eigenvalue weighted by Crippen LogP contribution is -2.38. The topological polar surface area (TPSA) is 54.5 Å². The normalized spacial score (nSPS) is 16.8. The molecule has 1 aliphatic heterocycles. The van der Waals surface area contributed by atoms with Gasteiger partial charge in [-0.2, -0.15) is 0 Å². The van der Waals surface area contributed by atoms with E-state index in [9.17, 15) is 4.79 Å². The molecule has 6 heteroatoms. The Labute approximate surface area is 159 Å². The van der Waals surface area contributed by atoms with Gasteiger partial charge in [0.1, 0.15) is 5.82 Å². The van der Waals surface area contributed by atoms with E-state index in [1.165, 1.54) is 17.3 Å². The van der Waals surface area contributed by atoms with Crippen molar-refractivity contribution in [1.29, 1.82) is 0 Å². The number of nitrogens with zero attached hydrogens (tertiary/aromatic N) is 2. The summed E-state index contributed by atoms with van der Waals surface area (Å²) in [5.41, 5.74) is 2.45. The Morgan fingerprint density at radius 2 is 2.19 bits per heavy atom. The third-order valence-corrected chi connectivity index (χ3v) is 4.73. The van der Waals surface area contributed by atoms with Crippen LogP contribution >= 0.6 is 11.6 Å². The number of nitrogens with one attached hydrogen (secondary N) is 1. The Hall–Kier alpha value is -1.95. The van der Waals surface area contributed by atoms with Crippen LogP contribution < -0.4 is 5.32 Å². The maximum absolute atomic E-state index is 12.5. The highest BCUT2D eigenvalue weighted by atomic mass is 35.5. The lowest BCUT2D eigenvalue weighted by atomic mass is 10.1. The van der Waals surface area contributed by atoms with Crippen LogP contribution in [0.2, 0.25) is 5.02 Å². The molecule has 1 aromatic carbocycles. The minimum Gasteiger partial charge on any atom is -0.377 e. The zero-order valence-electron chi connectivity index (χ0n) is 15.0. The number of aryl methyl sites for hydroxylation is 1. The minimum absolute atomic E-state index is 0.0913. The monoisotopic (exact) mass is 373 g/mol. The fourth-order valence-electron chi connectivity index (χ4n) is 3.12. The van der Waals surface area contributed by atoms with E-state index in [4.69, 9.17) is 16.3 Å². The highest BCUT2D eigenvalue weighted by Crippen LogP contribution is 2.17. The van der Waals surface area contributed by atoms with Gasteiger partial charge in [-0.15, -0.1) is 0 Å². The fourth-order valence-corrected chi connectivity index (χ4v) is 3.24.